The van der Waals surface area contributed by atoms with E-state index in [1.807, 2.05) is 35.0 Å². The SMILES string of the molecule is CN(Cc1ccccc1)C(=O)[C@H](C1CCCC1)N1CCN(C(=O)C2CC2)CC1. The zero-order valence-electron chi connectivity index (χ0n) is 17.1. The summed E-state index contributed by atoms with van der Waals surface area (Å²) in [6, 6.07) is 10.2. The van der Waals surface area contributed by atoms with E-state index in [-0.39, 0.29) is 17.9 Å². The van der Waals surface area contributed by atoms with Gasteiger partial charge in [0.1, 0.15) is 0 Å². The van der Waals surface area contributed by atoms with Crippen molar-refractivity contribution >= 4 is 11.8 Å². The Morgan fingerprint density at radius 1 is 1.00 bits per heavy atom. The van der Waals surface area contributed by atoms with Crippen LogP contribution in [0.3, 0.4) is 0 Å². The summed E-state index contributed by atoms with van der Waals surface area (Å²) >= 11 is 0. The van der Waals surface area contributed by atoms with Gasteiger partial charge >= 0.3 is 0 Å². The number of rotatable bonds is 6. The fraction of sp³-hybridized carbons (Fsp3) is 0.652. The average molecular weight is 384 g/mol. The number of piperazine rings is 1. The van der Waals surface area contributed by atoms with E-state index in [2.05, 4.69) is 17.0 Å². The molecule has 0 spiro atoms. The van der Waals surface area contributed by atoms with Gasteiger partial charge in [0.15, 0.2) is 0 Å². The molecule has 2 amide bonds. The van der Waals surface area contributed by atoms with Crippen molar-refractivity contribution < 1.29 is 9.59 Å². The van der Waals surface area contributed by atoms with Gasteiger partial charge in [-0.1, -0.05) is 43.2 Å². The van der Waals surface area contributed by atoms with Gasteiger partial charge in [-0.2, -0.15) is 0 Å². The van der Waals surface area contributed by atoms with Crippen LogP contribution in [0, 0.1) is 11.8 Å². The Labute approximate surface area is 168 Å². The predicted octanol–water partition coefficient (Wildman–Crippen LogP) is 2.76. The van der Waals surface area contributed by atoms with E-state index in [1.54, 1.807) is 0 Å². The van der Waals surface area contributed by atoms with E-state index >= 15 is 0 Å². The van der Waals surface area contributed by atoms with Gasteiger partial charge in [-0.3, -0.25) is 14.5 Å². The molecular formula is C23H33N3O2. The van der Waals surface area contributed by atoms with Crippen molar-refractivity contribution in [1.29, 1.82) is 0 Å². The van der Waals surface area contributed by atoms with Crippen LogP contribution in [-0.2, 0) is 16.1 Å². The second-order valence-corrected chi connectivity index (χ2v) is 8.80. The van der Waals surface area contributed by atoms with Gasteiger partial charge in [-0.05, 0) is 37.2 Å². The highest BCUT2D eigenvalue weighted by atomic mass is 16.2. The molecule has 4 rings (SSSR count). The third-order valence-electron chi connectivity index (χ3n) is 6.68. The molecule has 0 N–H and O–H groups in total. The second-order valence-electron chi connectivity index (χ2n) is 8.80. The van der Waals surface area contributed by atoms with Gasteiger partial charge < -0.3 is 9.80 Å². The lowest BCUT2D eigenvalue weighted by molar-refractivity contribution is -0.141. The van der Waals surface area contributed by atoms with Crippen molar-refractivity contribution in [2.24, 2.45) is 11.8 Å². The fourth-order valence-electron chi connectivity index (χ4n) is 4.90. The van der Waals surface area contributed by atoms with Crippen LogP contribution in [-0.4, -0.2) is 65.8 Å². The Hall–Kier alpha value is -1.88. The fourth-order valence-corrected chi connectivity index (χ4v) is 4.90. The highest BCUT2D eigenvalue weighted by Crippen LogP contribution is 2.34. The zero-order chi connectivity index (χ0) is 19.5. The molecule has 0 unspecified atom stereocenters. The molecule has 28 heavy (non-hydrogen) atoms. The van der Waals surface area contributed by atoms with Crippen LogP contribution < -0.4 is 0 Å². The summed E-state index contributed by atoms with van der Waals surface area (Å²) < 4.78 is 0. The number of nitrogens with zero attached hydrogens (tertiary/aromatic N) is 3. The minimum absolute atomic E-state index is 0.0330. The summed E-state index contributed by atoms with van der Waals surface area (Å²) in [5, 5.41) is 0. The van der Waals surface area contributed by atoms with E-state index < -0.39 is 0 Å². The van der Waals surface area contributed by atoms with Crippen LogP contribution in [0.2, 0.25) is 0 Å². The second kappa shape index (κ2) is 8.64. The Balaban J connectivity index is 1.41. The molecule has 152 valence electrons. The van der Waals surface area contributed by atoms with Crippen molar-refractivity contribution in [2.75, 3.05) is 33.2 Å². The first-order valence-corrected chi connectivity index (χ1v) is 10.9. The third kappa shape index (κ3) is 4.40. The van der Waals surface area contributed by atoms with Crippen molar-refractivity contribution in [3.63, 3.8) is 0 Å². The maximum absolute atomic E-state index is 13.5. The molecule has 0 radical (unpaired) electrons. The summed E-state index contributed by atoms with van der Waals surface area (Å²) in [5.41, 5.74) is 1.17. The minimum atomic E-state index is -0.0330. The molecule has 1 aromatic carbocycles. The van der Waals surface area contributed by atoms with Crippen molar-refractivity contribution in [3.8, 4) is 0 Å². The van der Waals surface area contributed by atoms with Crippen LogP contribution in [0.5, 0.6) is 0 Å². The molecule has 1 aliphatic heterocycles. The van der Waals surface area contributed by atoms with E-state index in [1.165, 1.54) is 18.4 Å². The van der Waals surface area contributed by atoms with Gasteiger partial charge in [0, 0.05) is 45.7 Å². The molecule has 0 aromatic heterocycles. The number of carbonyl (C=O) groups is 2. The molecule has 5 nitrogen and oxygen atoms in total. The van der Waals surface area contributed by atoms with Gasteiger partial charge in [0.05, 0.1) is 6.04 Å². The molecule has 2 aliphatic carbocycles. The van der Waals surface area contributed by atoms with Crippen LogP contribution in [0.4, 0.5) is 0 Å². The summed E-state index contributed by atoms with van der Waals surface area (Å²) in [5.74, 6) is 1.33. The normalized spacial score (nSPS) is 22.2. The van der Waals surface area contributed by atoms with Gasteiger partial charge in [0.2, 0.25) is 11.8 Å². The third-order valence-corrected chi connectivity index (χ3v) is 6.68. The quantitative estimate of drug-likeness (QED) is 0.759. The summed E-state index contributed by atoms with van der Waals surface area (Å²) in [4.78, 5) is 32.1. The first-order valence-electron chi connectivity index (χ1n) is 10.9. The standard InChI is InChI=1S/C23H33N3O2/c1-24(17-18-7-3-2-4-8-18)23(28)21(19-9-5-6-10-19)25-13-15-26(16-14-25)22(27)20-11-12-20/h2-4,7-8,19-21H,5-6,9-17H2,1H3/t21-/m0/s1. The number of amides is 2. The lowest BCUT2D eigenvalue weighted by atomic mass is 9.94. The Morgan fingerprint density at radius 2 is 1.64 bits per heavy atom. The Morgan fingerprint density at radius 3 is 2.25 bits per heavy atom. The monoisotopic (exact) mass is 383 g/mol. The van der Waals surface area contributed by atoms with E-state index in [4.69, 9.17) is 0 Å². The molecule has 1 aromatic rings. The van der Waals surface area contributed by atoms with Crippen LogP contribution in [0.1, 0.15) is 44.1 Å². The summed E-state index contributed by atoms with van der Waals surface area (Å²) in [6.07, 6.45) is 6.89. The lowest BCUT2D eigenvalue weighted by Gasteiger charge is -2.42. The smallest absolute Gasteiger partial charge is 0.240 e. The molecule has 3 aliphatic rings. The van der Waals surface area contributed by atoms with Gasteiger partial charge in [-0.15, -0.1) is 0 Å². The summed E-state index contributed by atoms with van der Waals surface area (Å²) in [7, 11) is 1.93. The Bertz CT molecular complexity index is 674. The maximum atomic E-state index is 13.5. The summed E-state index contributed by atoms with van der Waals surface area (Å²) in [6.45, 7) is 3.85. The molecule has 3 fully saturated rings. The van der Waals surface area contributed by atoms with Crippen LogP contribution in [0.25, 0.3) is 0 Å². The number of carbonyl (C=O) groups excluding carboxylic acids is 2. The lowest BCUT2D eigenvalue weighted by Crippen LogP contribution is -2.58. The minimum Gasteiger partial charge on any atom is -0.340 e. The van der Waals surface area contributed by atoms with Gasteiger partial charge in [0.25, 0.3) is 0 Å². The topological polar surface area (TPSA) is 43.9 Å². The number of benzene rings is 1. The van der Waals surface area contributed by atoms with Crippen LogP contribution >= 0.6 is 0 Å². The zero-order valence-corrected chi connectivity index (χ0v) is 17.1. The first kappa shape index (κ1) is 19.4. The largest absolute Gasteiger partial charge is 0.340 e. The number of hydrogen-bond donors (Lipinski definition) is 0. The number of hydrogen-bond acceptors (Lipinski definition) is 3. The van der Waals surface area contributed by atoms with Crippen molar-refractivity contribution in [2.45, 2.75) is 51.1 Å². The molecule has 1 saturated heterocycles. The highest BCUT2D eigenvalue weighted by molar-refractivity contribution is 5.83. The Kier molecular flexibility index (Phi) is 6.00. The maximum Gasteiger partial charge on any atom is 0.240 e. The van der Waals surface area contributed by atoms with Crippen LogP contribution in [0.15, 0.2) is 30.3 Å². The van der Waals surface area contributed by atoms with E-state index in [9.17, 15) is 9.59 Å². The molecule has 1 heterocycles. The van der Waals surface area contributed by atoms with Crippen molar-refractivity contribution in [3.05, 3.63) is 35.9 Å². The van der Waals surface area contributed by atoms with Gasteiger partial charge in [-0.25, -0.2) is 0 Å². The molecular weight excluding hydrogens is 350 g/mol. The molecule has 2 saturated carbocycles. The number of likely N-dealkylation sites (N-methyl/N-ethyl adjacent to an activating group) is 1. The molecule has 5 heteroatoms. The van der Waals surface area contributed by atoms with E-state index in [0.29, 0.717) is 18.4 Å². The highest BCUT2D eigenvalue weighted by Gasteiger charge is 2.40. The molecule has 1 atom stereocenters. The molecule has 0 bridgehead atoms. The van der Waals surface area contributed by atoms with E-state index in [0.717, 1.165) is 51.9 Å². The first-order chi connectivity index (χ1) is 13.6. The average Bonchev–Trinajstić information content (AvgIpc) is 3.44. The van der Waals surface area contributed by atoms with Crippen molar-refractivity contribution in [1.82, 2.24) is 14.7 Å². The predicted molar refractivity (Wildman–Crippen MR) is 110 cm³/mol.